The minimum absolute atomic E-state index is 0.0103. The summed E-state index contributed by atoms with van der Waals surface area (Å²) in [4.78, 5) is 25.9. The number of ketones is 2. The summed E-state index contributed by atoms with van der Waals surface area (Å²) in [5.74, 6) is -0.514. The molecule has 0 aromatic carbocycles. The highest BCUT2D eigenvalue weighted by Gasteiger charge is 2.58. The molecule has 0 radical (unpaired) electrons. The zero-order valence-corrected chi connectivity index (χ0v) is 21.6. The minimum Gasteiger partial charge on any atom is -0.393 e. The van der Waals surface area contributed by atoms with Crippen molar-refractivity contribution >= 4 is 22.9 Å². The lowest BCUT2D eigenvalue weighted by Crippen LogP contribution is -2.50. The number of hydrogen-bond donors (Lipinski definition) is 2. The lowest BCUT2D eigenvalue weighted by Gasteiger charge is -2.51. The molecule has 8 heteroatoms. The molecule has 0 spiro atoms. The van der Waals surface area contributed by atoms with Crippen LogP contribution in [-0.4, -0.2) is 52.5 Å². The third kappa shape index (κ3) is 4.35. The Morgan fingerprint density at radius 1 is 1.33 bits per heavy atom. The Bertz CT molecular complexity index is 1080. The second-order valence-corrected chi connectivity index (χ2v) is 12.1. The van der Waals surface area contributed by atoms with Gasteiger partial charge in [0.2, 0.25) is 0 Å². The largest absolute Gasteiger partial charge is 0.393 e. The number of carbonyl (C=O) groups excluding carboxylic acids is 2. The number of carbonyl (C=O) groups is 2. The quantitative estimate of drug-likeness (QED) is 0.609. The maximum Gasteiger partial charge on any atom is 0.192 e. The van der Waals surface area contributed by atoms with Crippen LogP contribution in [0.25, 0.3) is 0 Å². The van der Waals surface area contributed by atoms with Gasteiger partial charge in [-0.3, -0.25) is 9.59 Å². The summed E-state index contributed by atoms with van der Waals surface area (Å²) in [5.41, 5.74) is -0.697. The molecule has 8 atom stereocenters. The summed E-state index contributed by atoms with van der Waals surface area (Å²) < 4.78 is 26.6. The van der Waals surface area contributed by atoms with E-state index in [9.17, 15) is 24.2 Å². The number of ether oxygens (including phenoxy) is 2. The van der Waals surface area contributed by atoms with Gasteiger partial charge in [-0.25, -0.2) is 4.39 Å². The third-order valence-electron chi connectivity index (χ3n) is 9.14. The molecular weight excluding hydrogens is 483 g/mol. The van der Waals surface area contributed by atoms with Crippen LogP contribution in [0.15, 0.2) is 35.2 Å². The van der Waals surface area contributed by atoms with E-state index < -0.39 is 41.9 Å². The first-order chi connectivity index (χ1) is 17.2. The Balaban J connectivity index is 1.42. The summed E-state index contributed by atoms with van der Waals surface area (Å²) in [7, 11) is 0. The molecule has 6 nitrogen and oxygen atoms in total. The molecule has 4 aliphatic rings. The molecular formula is C28H35FO6S. The molecule has 3 fully saturated rings. The highest BCUT2D eigenvalue weighted by Crippen LogP contribution is 2.56. The number of aryl methyl sites for hydroxylation is 1. The highest BCUT2D eigenvalue weighted by atomic mass is 32.1. The average Bonchev–Trinajstić information content (AvgIpc) is 3.43. The fourth-order valence-corrected chi connectivity index (χ4v) is 7.99. The fraction of sp³-hybridized carbons (Fsp3) is 0.643. The molecule has 2 N–H and O–H groups in total. The minimum atomic E-state index is -1.34. The van der Waals surface area contributed by atoms with Crippen molar-refractivity contribution in [1.29, 1.82) is 0 Å². The SMILES string of the molecule is C[C@H]1C[C@H]2O[C@@H](CCc3sccc3F)O[C@@]2(C(=O)CO)CC[C@H](O)[C@H]2[C@H]1CCC1=CC(=O)C=C[C@@]12C. The van der Waals surface area contributed by atoms with Gasteiger partial charge < -0.3 is 19.7 Å². The summed E-state index contributed by atoms with van der Waals surface area (Å²) in [6.07, 6.45) is 6.92. The summed E-state index contributed by atoms with van der Waals surface area (Å²) in [6.45, 7) is 3.57. The number of aliphatic hydroxyl groups is 2. The van der Waals surface area contributed by atoms with Crippen LogP contribution >= 0.6 is 11.3 Å². The van der Waals surface area contributed by atoms with Crippen LogP contribution in [-0.2, 0) is 25.5 Å². The molecule has 196 valence electrons. The van der Waals surface area contributed by atoms with Crippen LogP contribution < -0.4 is 0 Å². The Morgan fingerprint density at radius 3 is 2.86 bits per heavy atom. The Kier molecular flexibility index (Phi) is 7.11. The Morgan fingerprint density at radius 2 is 2.14 bits per heavy atom. The van der Waals surface area contributed by atoms with Gasteiger partial charge in [0.25, 0.3) is 0 Å². The van der Waals surface area contributed by atoms with E-state index in [0.29, 0.717) is 30.6 Å². The lowest BCUT2D eigenvalue weighted by atomic mass is 9.54. The molecule has 0 bridgehead atoms. The topological polar surface area (TPSA) is 93.1 Å². The van der Waals surface area contributed by atoms with Gasteiger partial charge >= 0.3 is 0 Å². The van der Waals surface area contributed by atoms with E-state index >= 15 is 0 Å². The monoisotopic (exact) mass is 518 g/mol. The molecule has 2 heterocycles. The zero-order chi connectivity index (χ0) is 25.7. The van der Waals surface area contributed by atoms with Gasteiger partial charge in [0, 0.05) is 22.6 Å². The second-order valence-electron chi connectivity index (χ2n) is 11.1. The predicted octanol–water partition coefficient (Wildman–Crippen LogP) is 4.14. The van der Waals surface area contributed by atoms with Crippen LogP contribution in [0.2, 0.25) is 0 Å². The van der Waals surface area contributed by atoms with Gasteiger partial charge in [-0.1, -0.05) is 25.5 Å². The second kappa shape index (κ2) is 9.87. The van der Waals surface area contributed by atoms with Crippen LogP contribution in [0, 0.1) is 29.0 Å². The van der Waals surface area contributed by atoms with Gasteiger partial charge in [-0.05, 0) is 74.0 Å². The number of allylic oxidation sites excluding steroid dienone is 4. The van der Waals surface area contributed by atoms with Crippen LogP contribution in [0.1, 0.15) is 57.2 Å². The highest BCUT2D eigenvalue weighted by molar-refractivity contribution is 7.09. The van der Waals surface area contributed by atoms with Gasteiger partial charge in [-0.15, -0.1) is 11.3 Å². The summed E-state index contributed by atoms with van der Waals surface area (Å²) in [6, 6.07) is 1.44. The van der Waals surface area contributed by atoms with Gasteiger partial charge in [0.15, 0.2) is 23.5 Å². The first kappa shape index (κ1) is 25.9. The van der Waals surface area contributed by atoms with Crippen molar-refractivity contribution in [2.24, 2.45) is 23.2 Å². The van der Waals surface area contributed by atoms with Crippen molar-refractivity contribution in [3.05, 3.63) is 45.9 Å². The first-order valence-corrected chi connectivity index (χ1v) is 13.9. The number of hydrogen-bond acceptors (Lipinski definition) is 7. The standard InChI is InChI=1S/C28H35FO6S/c1-16-13-24-28(23(33)15-30,35-25(34-24)6-5-22-20(29)9-12-36-22)11-8-21(32)26-19(16)4-3-17-14-18(31)7-10-27(17,26)2/h7,9-10,12,14,16,19,21,24-26,30,32H,3-6,8,11,13,15H2,1-2H3/t16-,19-,21-,24+,25+,26+,27-,28+/m0/s1. The maximum absolute atomic E-state index is 13.9. The molecule has 0 unspecified atom stereocenters. The van der Waals surface area contributed by atoms with Gasteiger partial charge in [0.1, 0.15) is 12.4 Å². The molecule has 3 aliphatic carbocycles. The van der Waals surface area contributed by atoms with E-state index in [0.717, 1.165) is 18.4 Å². The number of fused-ring (bicyclic) bond motifs is 4. The lowest BCUT2D eigenvalue weighted by molar-refractivity contribution is -0.151. The van der Waals surface area contributed by atoms with Crippen molar-refractivity contribution in [2.75, 3.05) is 6.61 Å². The zero-order valence-electron chi connectivity index (χ0n) is 20.8. The Hall–Kier alpha value is -1.71. The molecule has 1 saturated heterocycles. The van der Waals surface area contributed by atoms with E-state index in [1.165, 1.54) is 17.4 Å². The van der Waals surface area contributed by atoms with E-state index in [1.807, 2.05) is 6.08 Å². The summed E-state index contributed by atoms with van der Waals surface area (Å²) >= 11 is 1.34. The maximum atomic E-state index is 13.9. The third-order valence-corrected chi connectivity index (χ3v) is 10.1. The number of halogens is 1. The van der Waals surface area contributed by atoms with Crippen LogP contribution in [0.3, 0.4) is 0 Å². The van der Waals surface area contributed by atoms with Crippen molar-refractivity contribution in [3.63, 3.8) is 0 Å². The van der Waals surface area contributed by atoms with Crippen molar-refractivity contribution in [3.8, 4) is 0 Å². The summed E-state index contributed by atoms with van der Waals surface area (Å²) in [5, 5.41) is 23.2. The number of rotatable bonds is 5. The molecule has 1 aliphatic heterocycles. The normalized spacial score (nSPS) is 40.4. The first-order valence-electron chi connectivity index (χ1n) is 13.0. The number of Topliss-reactive ketones (excluding diaryl/α,β-unsaturated/α-hetero) is 1. The van der Waals surface area contributed by atoms with Crippen molar-refractivity contribution in [1.82, 2.24) is 0 Å². The number of thiophene rings is 1. The van der Waals surface area contributed by atoms with E-state index in [-0.39, 0.29) is 35.8 Å². The number of aliphatic hydroxyl groups excluding tert-OH is 2. The van der Waals surface area contributed by atoms with Crippen molar-refractivity contribution in [2.45, 2.75) is 82.9 Å². The molecule has 5 rings (SSSR count). The van der Waals surface area contributed by atoms with E-state index in [4.69, 9.17) is 9.47 Å². The molecule has 0 amide bonds. The average molecular weight is 519 g/mol. The fourth-order valence-electron chi connectivity index (χ4n) is 7.22. The van der Waals surface area contributed by atoms with Gasteiger partial charge in [0.05, 0.1) is 12.2 Å². The van der Waals surface area contributed by atoms with Gasteiger partial charge in [-0.2, -0.15) is 0 Å². The predicted molar refractivity (Wildman–Crippen MR) is 133 cm³/mol. The van der Waals surface area contributed by atoms with E-state index in [2.05, 4.69) is 13.8 Å². The molecule has 2 saturated carbocycles. The Labute approximate surface area is 215 Å². The molecule has 1 aromatic rings. The van der Waals surface area contributed by atoms with E-state index in [1.54, 1.807) is 17.5 Å². The smallest absolute Gasteiger partial charge is 0.192 e. The van der Waals surface area contributed by atoms with Crippen LogP contribution in [0.4, 0.5) is 4.39 Å². The molecule has 36 heavy (non-hydrogen) atoms. The van der Waals surface area contributed by atoms with Crippen LogP contribution in [0.5, 0.6) is 0 Å². The van der Waals surface area contributed by atoms with Crippen molar-refractivity contribution < 1.29 is 33.7 Å². The molecule has 1 aromatic heterocycles.